The predicted octanol–water partition coefficient (Wildman–Crippen LogP) is 0.0595. The van der Waals surface area contributed by atoms with Crippen molar-refractivity contribution in [2.75, 3.05) is 6.61 Å². The van der Waals surface area contributed by atoms with Crippen LogP contribution in [0.4, 0.5) is 0 Å². The molecule has 3 nitrogen and oxygen atoms in total. The first-order valence-corrected chi connectivity index (χ1v) is 4.39. The summed E-state index contributed by atoms with van der Waals surface area (Å²) in [5.41, 5.74) is 0. The first-order valence-electron chi connectivity index (χ1n) is 4.39. The van der Waals surface area contributed by atoms with Gasteiger partial charge in [-0.25, -0.2) is 0 Å². The molecule has 1 saturated heterocycles. The Morgan fingerprint density at radius 2 is 2.25 bits per heavy atom. The van der Waals surface area contributed by atoms with Gasteiger partial charge >= 0.3 is 0 Å². The number of nitrogens with one attached hydrogen (secondary N) is 1. The Bertz CT molecular complexity index is 225. The molecule has 2 aliphatic rings. The summed E-state index contributed by atoms with van der Waals surface area (Å²) in [4.78, 5) is 11.3. The van der Waals surface area contributed by atoms with Crippen LogP contribution >= 0.6 is 0 Å². The molecule has 0 radical (unpaired) electrons. The molecule has 1 heterocycles. The smallest absolute Gasteiger partial charge is 0.224 e. The lowest BCUT2D eigenvalue weighted by molar-refractivity contribution is -0.123. The van der Waals surface area contributed by atoms with Crippen molar-refractivity contribution >= 4 is 5.91 Å². The van der Waals surface area contributed by atoms with Crippen molar-refractivity contribution in [3.63, 3.8) is 0 Å². The van der Waals surface area contributed by atoms with Gasteiger partial charge in [0.1, 0.15) is 0 Å². The molecule has 1 aliphatic heterocycles. The van der Waals surface area contributed by atoms with E-state index in [-0.39, 0.29) is 24.5 Å². The summed E-state index contributed by atoms with van der Waals surface area (Å²) in [5.74, 6) is 0.558. The van der Waals surface area contributed by atoms with Gasteiger partial charge in [0.25, 0.3) is 0 Å². The van der Waals surface area contributed by atoms with Gasteiger partial charge < -0.3 is 10.4 Å². The second-order valence-electron chi connectivity index (χ2n) is 3.51. The van der Waals surface area contributed by atoms with E-state index in [0.717, 1.165) is 12.8 Å². The third-order valence-electron chi connectivity index (χ3n) is 2.86. The number of fused-ring (bicyclic) bond motifs is 1. The molecule has 1 amide bonds. The van der Waals surface area contributed by atoms with Gasteiger partial charge in [-0.3, -0.25) is 4.79 Å². The van der Waals surface area contributed by atoms with Crippen LogP contribution in [0.25, 0.3) is 0 Å². The Labute approximate surface area is 71.5 Å². The minimum absolute atomic E-state index is 0.00699. The quantitative estimate of drug-likeness (QED) is 0.542. The minimum Gasteiger partial charge on any atom is -0.394 e. The van der Waals surface area contributed by atoms with Crippen molar-refractivity contribution in [1.29, 1.82) is 0 Å². The van der Waals surface area contributed by atoms with E-state index in [4.69, 9.17) is 5.11 Å². The van der Waals surface area contributed by atoms with Crippen molar-refractivity contribution < 1.29 is 9.90 Å². The van der Waals surface area contributed by atoms with E-state index in [1.54, 1.807) is 0 Å². The van der Waals surface area contributed by atoms with E-state index in [2.05, 4.69) is 17.5 Å². The van der Waals surface area contributed by atoms with E-state index in [0.29, 0.717) is 5.92 Å². The van der Waals surface area contributed by atoms with Crippen molar-refractivity contribution in [1.82, 2.24) is 5.32 Å². The van der Waals surface area contributed by atoms with E-state index in [9.17, 15) is 4.79 Å². The van der Waals surface area contributed by atoms with Crippen LogP contribution in [0.3, 0.4) is 0 Å². The number of rotatable bonds is 1. The van der Waals surface area contributed by atoms with E-state index in [1.165, 1.54) is 0 Å². The molecule has 66 valence electrons. The zero-order chi connectivity index (χ0) is 8.55. The SMILES string of the molecule is O=C1N[C@H](CO)[C@H]2CC=CC[C@@H]12. The number of aliphatic hydroxyl groups is 1. The average molecular weight is 167 g/mol. The molecule has 12 heavy (non-hydrogen) atoms. The van der Waals surface area contributed by atoms with Crippen molar-refractivity contribution in [2.24, 2.45) is 11.8 Å². The molecule has 0 bridgehead atoms. The molecule has 2 N–H and O–H groups in total. The Morgan fingerprint density at radius 1 is 1.50 bits per heavy atom. The molecule has 0 aromatic carbocycles. The average Bonchev–Trinajstić information content (AvgIpc) is 2.44. The van der Waals surface area contributed by atoms with Gasteiger partial charge in [-0.15, -0.1) is 0 Å². The fraction of sp³-hybridized carbons (Fsp3) is 0.667. The van der Waals surface area contributed by atoms with Crippen LogP contribution in [0, 0.1) is 11.8 Å². The van der Waals surface area contributed by atoms with Crippen LogP contribution in [0.5, 0.6) is 0 Å². The van der Waals surface area contributed by atoms with Crippen molar-refractivity contribution in [2.45, 2.75) is 18.9 Å². The van der Waals surface area contributed by atoms with Crippen LogP contribution in [0.15, 0.2) is 12.2 Å². The molecule has 0 saturated carbocycles. The highest BCUT2D eigenvalue weighted by Crippen LogP contribution is 2.32. The fourth-order valence-corrected chi connectivity index (χ4v) is 2.16. The Kier molecular flexibility index (Phi) is 1.89. The fourth-order valence-electron chi connectivity index (χ4n) is 2.16. The van der Waals surface area contributed by atoms with E-state index in [1.807, 2.05) is 0 Å². The zero-order valence-electron chi connectivity index (χ0n) is 6.86. The standard InChI is InChI=1S/C9H13NO2/c11-5-8-6-3-1-2-4-7(6)9(12)10-8/h1-2,6-8,11H,3-5H2,(H,10,12)/t6-,7+,8+/m0/s1. The number of amides is 1. The second kappa shape index (κ2) is 2.90. The third-order valence-corrected chi connectivity index (χ3v) is 2.86. The van der Waals surface area contributed by atoms with Crippen LogP contribution in [-0.2, 0) is 4.79 Å². The molecule has 3 heteroatoms. The molecule has 3 atom stereocenters. The summed E-state index contributed by atoms with van der Waals surface area (Å²) in [6.07, 6.45) is 5.92. The van der Waals surface area contributed by atoms with Crippen LogP contribution in [0.1, 0.15) is 12.8 Å². The predicted molar refractivity (Wildman–Crippen MR) is 44.4 cm³/mol. The maximum Gasteiger partial charge on any atom is 0.224 e. The lowest BCUT2D eigenvalue weighted by Gasteiger charge is -2.21. The minimum atomic E-state index is -0.00699. The summed E-state index contributed by atoms with van der Waals surface area (Å²) in [6, 6.07) is -0.00699. The van der Waals surface area contributed by atoms with Crippen LogP contribution < -0.4 is 5.32 Å². The molecular formula is C9H13NO2. The highest BCUT2D eigenvalue weighted by molar-refractivity contribution is 5.82. The normalized spacial score (nSPS) is 39.4. The molecular weight excluding hydrogens is 154 g/mol. The monoisotopic (exact) mass is 167 g/mol. The van der Waals surface area contributed by atoms with Gasteiger partial charge in [0.2, 0.25) is 5.91 Å². The summed E-state index contributed by atoms with van der Waals surface area (Å²) >= 11 is 0. The number of aliphatic hydroxyl groups excluding tert-OH is 1. The highest BCUT2D eigenvalue weighted by Gasteiger charge is 2.41. The molecule has 0 aromatic heterocycles. The largest absolute Gasteiger partial charge is 0.394 e. The Hall–Kier alpha value is -0.830. The van der Waals surface area contributed by atoms with E-state index >= 15 is 0 Å². The number of allylic oxidation sites excluding steroid dienone is 2. The maximum absolute atomic E-state index is 11.3. The van der Waals surface area contributed by atoms with Gasteiger partial charge in [-0.05, 0) is 18.8 Å². The summed E-state index contributed by atoms with van der Waals surface area (Å²) in [7, 11) is 0. The summed E-state index contributed by atoms with van der Waals surface area (Å²) in [6.45, 7) is 0.0702. The second-order valence-corrected chi connectivity index (χ2v) is 3.51. The molecule has 0 aromatic rings. The Morgan fingerprint density at radius 3 is 3.00 bits per heavy atom. The molecule has 2 rings (SSSR count). The number of carbonyl (C=O) groups is 1. The topological polar surface area (TPSA) is 49.3 Å². The zero-order valence-corrected chi connectivity index (χ0v) is 6.86. The van der Waals surface area contributed by atoms with Crippen LogP contribution in [-0.4, -0.2) is 23.7 Å². The lowest BCUT2D eigenvalue weighted by Crippen LogP contribution is -2.32. The first kappa shape index (κ1) is 7.80. The summed E-state index contributed by atoms with van der Waals surface area (Å²) < 4.78 is 0. The van der Waals surface area contributed by atoms with Crippen molar-refractivity contribution in [3.8, 4) is 0 Å². The molecule has 1 aliphatic carbocycles. The first-order chi connectivity index (χ1) is 5.83. The van der Waals surface area contributed by atoms with Gasteiger partial charge in [0.05, 0.1) is 12.6 Å². The Balaban J connectivity index is 2.17. The maximum atomic E-state index is 11.3. The number of hydrogen-bond donors (Lipinski definition) is 2. The van der Waals surface area contributed by atoms with Gasteiger partial charge in [-0.1, -0.05) is 12.2 Å². The van der Waals surface area contributed by atoms with Gasteiger partial charge in [0, 0.05) is 5.92 Å². The lowest BCUT2D eigenvalue weighted by atomic mass is 9.82. The number of hydrogen-bond acceptors (Lipinski definition) is 2. The van der Waals surface area contributed by atoms with Gasteiger partial charge in [0.15, 0.2) is 0 Å². The van der Waals surface area contributed by atoms with Gasteiger partial charge in [-0.2, -0.15) is 0 Å². The highest BCUT2D eigenvalue weighted by atomic mass is 16.3. The summed E-state index contributed by atoms with van der Waals surface area (Å²) in [5, 5.41) is 11.8. The van der Waals surface area contributed by atoms with Crippen LogP contribution in [0.2, 0.25) is 0 Å². The van der Waals surface area contributed by atoms with E-state index < -0.39 is 0 Å². The molecule has 0 spiro atoms. The molecule has 0 unspecified atom stereocenters. The van der Waals surface area contributed by atoms with Crippen molar-refractivity contribution in [3.05, 3.63) is 12.2 Å². The number of carbonyl (C=O) groups excluding carboxylic acids is 1. The molecule has 1 fully saturated rings. The third kappa shape index (κ3) is 1.05.